The molecule has 0 unspecified atom stereocenters. The normalized spacial score (nSPS) is 11.5. The van der Waals surface area contributed by atoms with E-state index in [0.717, 1.165) is 12.3 Å². The lowest BCUT2D eigenvalue weighted by Gasteiger charge is -2.05. The molecular formula is C15H10F3N3O4. The summed E-state index contributed by atoms with van der Waals surface area (Å²) in [4.78, 5) is 29.3. The number of anilines is 1. The number of aromatic nitrogens is 2. The van der Waals surface area contributed by atoms with Gasteiger partial charge in [-0.2, -0.15) is 13.2 Å². The number of fused-ring (bicyclic) bond motifs is 1. The molecule has 7 nitrogen and oxygen atoms in total. The molecule has 3 aromatic rings. The highest BCUT2D eigenvalue weighted by atomic mass is 19.4. The molecule has 130 valence electrons. The van der Waals surface area contributed by atoms with Gasteiger partial charge in [0.2, 0.25) is 17.0 Å². The summed E-state index contributed by atoms with van der Waals surface area (Å²) >= 11 is 0. The number of hydrogen-bond acceptors (Lipinski definition) is 5. The third-order valence-corrected chi connectivity index (χ3v) is 3.25. The minimum absolute atomic E-state index is 0.0601. The molecule has 2 aromatic heterocycles. The Morgan fingerprint density at radius 3 is 2.72 bits per heavy atom. The molecule has 10 heteroatoms. The van der Waals surface area contributed by atoms with E-state index in [2.05, 4.69) is 15.3 Å². The van der Waals surface area contributed by atoms with Gasteiger partial charge in [-0.1, -0.05) is 0 Å². The van der Waals surface area contributed by atoms with Gasteiger partial charge < -0.3 is 19.5 Å². The summed E-state index contributed by atoms with van der Waals surface area (Å²) in [7, 11) is 1.28. The third kappa shape index (κ3) is 3.32. The van der Waals surface area contributed by atoms with Crippen molar-refractivity contribution in [1.82, 2.24) is 9.97 Å². The maximum absolute atomic E-state index is 12.6. The van der Waals surface area contributed by atoms with Crippen LogP contribution in [0.4, 0.5) is 18.9 Å². The van der Waals surface area contributed by atoms with Gasteiger partial charge >= 0.3 is 6.18 Å². The predicted octanol–water partition coefficient (Wildman–Crippen LogP) is 2.80. The highest BCUT2D eigenvalue weighted by molar-refractivity contribution is 6.03. The standard InChI is InChI=1S/C15H10F3N3O4/c1-24-12-6-25-11(5-10(12)22)13(23)19-7-2-3-8-9(4-7)21-14(20-8)15(16,17)18/h2-6H,1H3,(H,19,23)(H,20,21). The Labute approximate surface area is 137 Å². The summed E-state index contributed by atoms with van der Waals surface area (Å²) in [6.45, 7) is 0. The Morgan fingerprint density at radius 1 is 1.32 bits per heavy atom. The SMILES string of the molecule is COc1coc(C(=O)Nc2ccc3nc(C(F)(F)F)[nH]c3c2)cc1=O. The van der Waals surface area contributed by atoms with Crippen molar-refractivity contribution in [1.29, 1.82) is 0 Å². The van der Waals surface area contributed by atoms with Crippen LogP contribution in [0.25, 0.3) is 11.0 Å². The number of rotatable bonds is 3. The van der Waals surface area contributed by atoms with Gasteiger partial charge in [-0.3, -0.25) is 9.59 Å². The Bertz CT molecular complexity index is 1010. The zero-order valence-corrected chi connectivity index (χ0v) is 12.6. The highest BCUT2D eigenvalue weighted by Gasteiger charge is 2.34. The van der Waals surface area contributed by atoms with Crippen LogP contribution in [0.1, 0.15) is 16.4 Å². The zero-order chi connectivity index (χ0) is 18.2. The molecule has 0 atom stereocenters. The molecule has 0 aliphatic carbocycles. The molecule has 0 radical (unpaired) electrons. The second-order valence-electron chi connectivity index (χ2n) is 4.95. The van der Waals surface area contributed by atoms with Crippen LogP contribution in [-0.2, 0) is 6.18 Å². The van der Waals surface area contributed by atoms with Crippen LogP contribution >= 0.6 is 0 Å². The summed E-state index contributed by atoms with van der Waals surface area (Å²) in [6.07, 6.45) is -3.61. The van der Waals surface area contributed by atoms with Crippen molar-refractivity contribution >= 4 is 22.6 Å². The van der Waals surface area contributed by atoms with E-state index in [1.54, 1.807) is 0 Å². The monoisotopic (exact) mass is 353 g/mol. The van der Waals surface area contributed by atoms with E-state index in [0.29, 0.717) is 0 Å². The van der Waals surface area contributed by atoms with E-state index < -0.39 is 23.3 Å². The summed E-state index contributed by atoms with van der Waals surface area (Å²) in [5.74, 6) is -2.21. The fourth-order valence-corrected chi connectivity index (χ4v) is 2.08. The number of halogens is 3. The summed E-state index contributed by atoms with van der Waals surface area (Å²) < 4.78 is 47.7. The van der Waals surface area contributed by atoms with E-state index in [9.17, 15) is 22.8 Å². The molecule has 0 bridgehead atoms. The number of H-pyrrole nitrogens is 1. The van der Waals surface area contributed by atoms with Gasteiger partial charge in [0, 0.05) is 11.8 Å². The quantitative estimate of drug-likeness (QED) is 0.755. The van der Waals surface area contributed by atoms with Gasteiger partial charge in [-0.05, 0) is 18.2 Å². The van der Waals surface area contributed by atoms with E-state index in [1.165, 1.54) is 25.3 Å². The molecule has 2 N–H and O–H groups in total. The van der Waals surface area contributed by atoms with E-state index in [1.807, 2.05) is 0 Å². The number of alkyl halides is 3. The molecular weight excluding hydrogens is 343 g/mol. The van der Waals surface area contributed by atoms with Gasteiger partial charge in [0.25, 0.3) is 5.91 Å². The van der Waals surface area contributed by atoms with E-state index in [4.69, 9.17) is 9.15 Å². The smallest absolute Gasteiger partial charge is 0.449 e. The predicted molar refractivity (Wildman–Crippen MR) is 80.6 cm³/mol. The minimum atomic E-state index is -4.60. The Hall–Kier alpha value is -3.30. The number of nitrogens with one attached hydrogen (secondary N) is 2. The lowest BCUT2D eigenvalue weighted by molar-refractivity contribution is -0.144. The van der Waals surface area contributed by atoms with Crippen LogP contribution in [0.2, 0.25) is 0 Å². The Balaban J connectivity index is 1.86. The van der Waals surface area contributed by atoms with Crippen LogP contribution in [0, 0.1) is 0 Å². The Morgan fingerprint density at radius 2 is 2.08 bits per heavy atom. The first-order valence-electron chi connectivity index (χ1n) is 6.83. The molecule has 3 rings (SSSR count). The molecule has 0 fully saturated rings. The average Bonchev–Trinajstić information content (AvgIpc) is 2.98. The fourth-order valence-electron chi connectivity index (χ4n) is 2.08. The Kier molecular flexibility index (Phi) is 3.95. The average molecular weight is 353 g/mol. The van der Waals surface area contributed by atoms with Crippen molar-refractivity contribution in [2.24, 2.45) is 0 Å². The second-order valence-corrected chi connectivity index (χ2v) is 4.95. The van der Waals surface area contributed by atoms with Crippen LogP contribution < -0.4 is 15.5 Å². The lowest BCUT2D eigenvalue weighted by Crippen LogP contribution is -2.15. The molecule has 0 spiro atoms. The molecule has 0 aliphatic rings. The van der Waals surface area contributed by atoms with Gasteiger partial charge in [-0.25, -0.2) is 4.98 Å². The molecule has 1 amide bonds. The molecule has 25 heavy (non-hydrogen) atoms. The molecule has 0 saturated carbocycles. The van der Waals surface area contributed by atoms with Crippen molar-refractivity contribution in [3.63, 3.8) is 0 Å². The van der Waals surface area contributed by atoms with Crippen molar-refractivity contribution < 1.29 is 27.1 Å². The first-order chi connectivity index (χ1) is 11.8. The fraction of sp³-hybridized carbons (Fsp3) is 0.133. The number of carbonyl (C=O) groups is 1. The number of carbonyl (C=O) groups excluding carboxylic acids is 1. The third-order valence-electron chi connectivity index (χ3n) is 3.25. The molecule has 0 aliphatic heterocycles. The van der Waals surface area contributed by atoms with Gasteiger partial charge in [-0.15, -0.1) is 0 Å². The van der Waals surface area contributed by atoms with Crippen LogP contribution in [-0.4, -0.2) is 23.0 Å². The van der Waals surface area contributed by atoms with Gasteiger partial charge in [0.05, 0.1) is 18.1 Å². The molecule has 0 saturated heterocycles. The largest absolute Gasteiger partial charge is 0.490 e. The van der Waals surface area contributed by atoms with Gasteiger partial charge in [0.15, 0.2) is 5.76 Å². The van der Waals surface area contributed by atoms with Crippen molar-refractivity contribution in [3.05, 3.63) is 52.3 Å². The number of aromatic amines is 1. The first kappa shape index (κ1) is 16.6. The van der Waals surface area contributed by atoms with E-state index >= 15 is 0 Å². The summed E-state index contributed by atoms with van der Waals surface area (Å²) in [6, 6.07) is 4.94. The lowest BCUT2D eigenvalue weighted by atomic mass is 10.2. The number of methoxy groups -OCH3 is 1. The van der Waals surface area contributed by atoms with E-state index in [-0.39, 0.29) is 28.2 Å². The zero-order valence-electron chi connectivity index (χ0n) is 12.6. The van der Waals surface area contributed by atoms with Crippen molar-refractivity contribution in [2.75, 3.05) is 12.4 Å². The summed E-state index contributed by atoms with van der Waals surface area (Å²) in [5, 5.41) is 2.42. The maximum atomic E-state index is 12.6. The highest BCUT2D eigenvalue weighted by Crippen LogP contribution is 2.29. The maximum Gasteiger partial charge on any atom is 0.449 e. The van der Waals surface area contributed by atoms with Crippen LogP contribution in [0.3, 0.4) is 0 Å². The number of hydrogen-bond donors (Lipinski definition) is 2. The van der Waals surface area contributed by atoms with Crippen molar-refractivity contribution in [3.8, 4) is 5.75 Å². The van der Waals surface area contributed by atoms with Crippen LogP contribution in [0.15, 0.2) is 39.7 Å². The summed E-state index contributed by atoms with van der Waals surface area (Å²) in [5.41, 5.74) is -0.145. The number of benzene rings is 1. The second kappa shape index (κ2) is 5.96. The van der Waals surface area contributed by atoms with Crippen LogP contribution in [0.5, 0.6) is 5.75 Å². The topological polar surface area (TPSA) is 97.2 Å². The molecule has 1 aromatic carbocycles. The first-order valence-corrected chi connectivity index (χ1v) is 6.83. The van der Waals surface area contributed by atoms with Gasteiger partial charge in [0.1, 0.15) is 6.26 Å². The number of nitrogens with zero attached hydrogens (tertiary/aromatic N) is 1. The van der Waals surface area contributed by atoms with Crippen molar-refractivity contribution in [2.45, 2.75) is 6.18 Å². The molecule has 2 heterocycles. The minimum Gasteiger partial charge on any atom is -0.490 e. The number of amides is 1. The number of ether oxygens (including phenoxy) is 1. The number of imidazole rings is 1.